The molecule has 2 aliphatic rings. The van der Waals surface area contributed by atoms with Gasteiger partial charge in [-0.1, -0.05) is 17.3 Å². The van der Waals surface area contributed by atoms with E-state index < -0.39 is 11.7 Å². The lowest BCUT2D eigenvalue weighted by atomic mass is 9.93. The number of nitrogens with zero attached hydrogens (tertiary/aromatic N) is 2. The average molecular weight is 441 g/mol. The van der Waals surface area contributed by atoms with E-state index in [9.17, 15) is 23.1 Å². The Hall–Kier alpha value is -2.13. The van der Waals surface area contributed by atoms with Crippen LogP contribution in [0.5, 0.6) is 0 Å². The van der Waals surface area contributed by atoms with Crippen LogP contribution < -0.4 is 5.32 Å². The molecule has 2 fully saturated rings. The van der Waals surface area contributed by atoms with Crippen molar-refractivity contribution in [2.75, 3.05) is 19.6 Å². The minimum Gasteiger partial charge on any atom is -0.393 e. The molecular formula is C22H30F3N3O3. The number of nitrogens with one attached hydrogen (secondary N) is 1. The van der Waals surface area contributed by atoms with Crippen LogP contribution in [-0.2, 0) is 22.4 Å². The molecule has 172 valence electrons. The Morgan fingerprint density at radius 1 is 1.19 bits per heavy atom. The maximum atomic E-state index is 12.8. The molecule has 6 nitrogen and oxygen atoms in total. The third-order valence-corrected chi connectivity index (χ3v) is 5.84. The normalized spacial score (nSPS) is 22.3. The minimum atomic E-state index is -4.38. The fourth-order valence-electron chi connectivity index (χ4n) is 3.96. The molecule has 1 aliphatic carbocycles. The average Bonchev–Trinajstić information content (AvgIpc) is 2.75. The standard InChI is InChI=1S/C22H30F3N3O3/c23-22(24,25)17-3-1-2-16(14-17)15-31-27-19-9-12-28(13-10-19)21(30)8-11-26-18-4-6-20(29)7-5-18/h1-3,14,18,20,26,29H,4-13,15H2/t18-,20-. The topological polar surface area (TPSA) is 74.2 Å². The van der Waals surface area contributed by atoms with Gasteiger partial charge in [0, 0.05) is 44.9 Å². The van der Waals surface area contributed by atoms with Gasteiger partial charge in [-0.25, -0.2) is 0 Å². The molecule has 1 saturated heterocycles. The van der Waals surface area contributed by atoms with Crippen LogP contribution in [0.1, 0.15) is 56.1 Å². The number of benzene rings is 1. The molecule has 1 saturated carbocycles. The number of amides is 1. The maximum Gasteiger partial charge on any atom is 0.416 e. The van der Waals surface area contributed by atoms with Gasteiger partial charge in [0.2, 0.25) is 5.91 Å². The zero-order valence-electron chi connectivity index (χ0n) is 17.5. The Balaban J connectivity index is 1.34. The molecule has 31 heavy (non-hydrogen) atoms. The molecule has 1 heterocycles. The number of carbonyl (C=O) groups is 1. The predicted octanol–water partition coefficient (Wildman–Crippen LogP) is 3.48. The Kier molecular flexibility index (Phi) is 8.31. The van der Waals surface area contributed by atoms with Crippen LogP contribution in [-0.4, -0.2) is 53.4 Å². The van der Waals surface area contributed by atoms with Crippen LogP contribution in [0.2, 0.25) is 0 Å². The molecule has 0 spiro atoms. The molecule has 0 atom stereocenters. The van der Waals surface area contributed by atoms with E-state index in [1.54, 1.807) is 6.07 Å². The molecule has 1 aliphatic heterocycles. The highest BCUT2D eigenvalue weighted by Gasteiger charge is 2.30. The van der Waals surface area contributed by atoms with Gasteiger partial charge in [-0.2, -0.15) is 13.2 Å². The summed E-state index contributed by atoms with van der Waals surface area (Å²) in [5, 5.41) is 17.0. The van der Waals surface area contributed by atoms with Gasteiger partial charge in [0.05, 0.1) is 17.4 Å². The number of carbonyl (C=O) groups excluding carboxylic acids is 1. The van der Waals surface area contributed by atoms with Crippen molar-refractivity contribution in [2.24, 2.45) is 5.16 Å². The summed E-state index contributed by atoms with van der Waals surface area (Å²) in [5.41, 5.74) is 0.519. The van der Waals surface area contributed by atoms with Crippen LogP contribution in [0.25, 0.3) is 0 Å². The molecular weight excluding hydrogens is 411 g/mol. The van der Waals surface area contributed by atoms with E-state index in [1.165, 1.54) is 6.07 Å². The highest BCUT2D eigenvalue weighted by Crippen LogP contribution is 2.29. The van der Waals surface area contributed by atoms with Crippen LogP contribution in [0.15, 0.2) is 29.4 Å². The van der Waals surface area contributed by atoms with Crippen molar-refractivity contribution in [2.45, 2.75) is 69.9 Å². The van der Waals surface area contributed by atoms with E-state index in [2.05, 4.69) is 10.5 Å². The summed E-state index contributed by atoms with van der Waals surface area (Å²) in [7, 11) is 0. The van der Waals surface area contributed by atoms with Crippen molar-refractivity contribution < 1.29 is 27.9 Å². The van der Waals surface area contributed by atoms with Crippen molar-refractivity contribution in [1.82, 2.24) is 10.2 Å². The summed E-state index contributed by atoms with van der Waals surface area (Å²) in [4.78, 5) is 19.5. The molecule has 2 N–H and O–H groups in total. The van der Waals surface area contributed by atoms with Gasteiger partial charge in [0.1, 0.15) is 6.61 Å². The van der Waals surface area contributed by atoms with E-state index in [-0.39, 0.29) is 18.6 Å². The van der Waals surface area contributed by atoms with Crippen LogP contribution in [0.3, 0.4) is 0 Å². The quantitative estimate of drug-likeness (QED) is 0.636. The third kappa shape index (κ3) is 7.50. The molecule has 0 bridgehead atoms. The highest BCUT2D eigenvalue weighted by atomic mass is 19.4. The maximum absolute atomic E-state index is 12.8. The molecule has 1 aromatic carbocycles. The SMILES string of the molecule is O=C(CCN[C@H]1CC[C@H](O)CC1)N1CCC(=NOCc2cccc(C(F)(F)F)c2)CC1. The number of hydrogen-bond donors (Lipinski definition) is 2. The first-order valence-electron chi connectivity index (χ1n) is 10.8. The second-order valence-electron chi connectivity index (χ2n) is 8.22. The number of oxime groups is 1. The second kappa shape index (κ2) is 10.9. The Morgan fingerprint density at radius 3 is 2.58 bits per heavy atom. The number of halogens is 3. The number of rotatable bonds is 7. The van der Waals surface area contributed by atoms with E-state index in [1.807, 2.05) is 4.90 Å². The third-order valence-electron chi connectivity index (χ3n) is 5.84. The molecule has 0 radical (unpaired) electrons. The van der Waals surface area contributed by atoms with Crippen molar-refractivity contribution in [3.05, 3.63) is 35.4 Å². The molecule has 1 aromatic rings. The second-order valence-corrected chi connectivity index (χ2v) is 8.22. The lowest BCUT2D eigenvalue weighted by Crippen LogP contribution is -2.41. The van der Waals surface area contributed by atoms with Crippen molar-refractivity contribution in [3.8, 4) is 0 Å². The predicted molar refractivity (Wildman–Crippen MR) is 110 cm³/mol. The summed E-state index contributed by atoms with van der Waals surface area (Å²) < 4.78 is 38.3. The fraction of sp³-hybridized carbons (Fsp3) is 0.636. The fourth-order valence-corrected chi connectivity index (χ4v) is 3.96. The summed E-state index contributed by atoms with van der Waals surface area (Å²) in [6.07, 6.45) is 0.597. The Bertz CT molecular complexity index is 752. The largest absolute Gasteiger partial charge is 0.416 e. The highest BCUT2D eigenvalue weighted by molar-refractivity contribution is 5.87. The summed E-state index contributed by atoms with van der Waals surface area (Å²) in [5.74, 6) is 0.104. The van der Waals surface area contributed by atoms with Crippen LogP contribution in [0, 0.1) is 0 Å². The molecule has 1 amide bonds. The number of likely N-dealkylation sites (tertiary alicyclic amines) is 1. The van der Waals surface area contributed by atoms with Gasteiger partial charge in [0.25, 0.3) is 0 Å². The monoisotopic (exact) mass is 441 g/mol. The number of hydrogen-bond acceptors (Lipinski definition) is 5. The Labute approximate surface area is 180 Å². The van der Waals surface area contributed by atoms with Gasteiger partial charge in [0.15, 0.2) is 0 Å². The first-order valence-corrected chi connectivity index (χ1v) is 10.8. The molecule has 3 rings (SSSR count). The summed E-state index contributed by atoms with van der Waals surface area (Å²) in [6, 6.07) is 5.39. The van der Waals surface area contributed by atoms with Crippen LogP contribution >= 0.6 is 0 Å². The minimum absolute atomic E-state index is 0.0278. The molecule has 9 heteroatoms. The van der Waals surface area contributed by atoms with Gasteiger partial charge in [-0.15, -0.1) is 0 Å². The zero-order chi connectivity index (χ0) is 22.3. The van der Waals surface area contributed by atoms with Crippen molar-refractivity contribution in [1.29, 1.82) is 0 Å². The van der Waals surface area contributed by atoms with Crippen molar-refractivity contribution in [3.63, 3.8) is 0 Å². The van der Waals surface area contributed by atoms with Gasteiger partial charge in [-0.05, 0) is 43.4 Å². The smallest absolute Gasteiger partial charge is 0.393 e. The van der Waals surface area contributed by atoms with Gasteiger partial charge < -0.3 is 20.2 Å². The lowest BCUT2D eigenvalue weighted by Gasteiger charge is -2.29. The van der Waals surface area contributed by atoms with Crippen molar-refractivity contribution >= 4 is 11.6 Å². The summed E-state index contributed by atoms with van der Waals surface area (Å²) in [6.45, 7) is 1.75. The lowest BCUT2D eigenvalue weighted by molar-refractivity contribution is -0.137. The number of alkyl halides is 3. The van der Waals surface area contributed by atoms with E-state index in [4.69, 9.17) is 4.84 Å². The zero-order valence-corrected chi connectivity index (χ0v) is 17.5. The number of aliphatic hydroxyl groups excluding tert-OH is 1. The molecule has 0 aromatic heterocycles. The summed E-state index contributed by atoms with van der Waals surface area (Å²) >= 11 is 0. The number of piperidine rings is 1. The van der Waals surface area contributed by atoms with Gasteiger partial charge in [-0.3, -0.25) is 4.79 Å². The van der Waals surface area contributed by atoms with Crippen LogP contribution in [0.4, 0.5) is 13.2 Å². The van der Waals surface area contributed by atoms with E-state index in [0.717, 1.165) is 43.5 Å². The molecule has 0 unspecified atom stereocenters. The number of aliphatic hydroxyl groups is 1. The first kappa shape index (κ1) is 23.5. The van der Waals surface area contributed by atoms with E-state index in [0.29, 0.717) is 50.5 Å². The van der Waals surface area contributed by atoms with E-state index >= 15 is 0 Å². The first-order chi connectivity index (χ1) is 14.8. The van der Waals surface area contributed by atoms with Gasteiger partial charge >= 0.3 is 6.18 Å². The Morgan fingerprint density at radius 2 is 1.90 bits per heavy atom.